The van der Waals surface area contributed by atoms with Gasteiger partial charge in [-0.1, -0.05) is 41.8 Å². The average molecular weight is 406 g/mol. The van der Waals surface area contributed by atoms with E-state index in [0.717, 1.165) is 0 Å². The van der Waals surface area contributed by atoms with Crippen molar-refractivity contribution in [2.45, 2.75) is 18.8 Å². The van der Waals surface area contributed by atoms with Gasteiger partial charge >= 0.3 is 6.18 Å². The highest BCUT2D eigenvalue weighted by molar-refractivity contribution is 7.88. The summed E-state index contributed by atoms with van der Waals surface area (Å²) in [5.41, 5.74) is -5.99. The lowest BCUT2D eigenvalue weighted by Gasteiger charge is -2.09. The molecule has 0 aliphatic carbocycles. The molecule has 0 aliphatic heterocycles. The molecule has 0 radical (unpaired) electrons. The molecule has 0 unspecified atom stereocenters. The molecule has 0 atom stereocenters. The zero-order valence-electron chi connectivity index (χ0n) is 24.1. The van der Waals surface area contributed by atoms with Crippen LogP contribution in [0, 0.1) is 6.85 Å². The second-order valence-corrected chi connectivity index (χ2v) is 6.82. The normalized spacial score (nSPS) is 18.6. The third kappa shape index (κ3) is 4.55. The Labute approximate surface area is 169 Å². The summed E-state index contributed by atoms with van der Waals surface area (Å²) < 4.78 is 152. The first-order valence-corrected chi connectivity index (χ1v) is 8.69. The lowest BCUT2D eigenvalue weighted by atomic mass is 10.1. The van der Waals surface area contributed by atoms with Crippen molar-refractivity contribution in [1.82, 2.24) is 9.78 Å². The van der Waals surface area contributed by atoms with Crippen molar-refractivity contribution in [3.05, 3.63) is 71.2 Å². The van der Waals surface area contributed by atoms with Crippen molar-refractivity contribution in [2.24, 2.45) is 5.14 Å². The second-order valence-electron chi connectivity index (χ2n) is 5.21. The summed E-state index contributed by atoms with van der Waals surface area (Å²) >= 11 is 0. The Morgan fingerprint density at radius 1 is 1.15 bits per heavy atom. The van der Waals surface area contributed by atoms with Crippen LogP contribution in [-0.4, -0.2) is 18.2 Å². The summed E-state index contributed by atoms with van der Waals surface area (Å²) in [7, 11) is -4.35. The fraction of sp³-hybridized carbons (Fsp3) is 0.167. The van der Waals surface area contributed by atoms with Gasteiger partial charge in [0.15, 0.2) is 5.69 Å². The van der Waals surface area contributed by atoms with Crippen LogP contribution in [0.2, 0.25) is 0 Å². The van der Waals surface area contributed by atoms with Gasteiger partial charge in [0.05, 0.1) is 28.1 Å². The minimum Gasteiger partial charge on any atom is -0.233 e. The number of halogens is 3. The molecule has 142 valence electrons. The number of nitrogens with two attached hydrogens (primary N) is 1. The van der Waals surface area contributed by atoms with Crippen LogP contribution in [-0.2, 0) is 22.0 Å². The predicted octanol–water partition coefficient (Wildman–Crippen LogP) is 3.66. The van der Waals surface area contributed by atoms with Crippen LogP contribution in [0.4, 0.5) is 13.2 Å². The molecular formula is C18H16F3N3O2S. The van der Waals surface area contributed by atoms with Crippen molar-refractivity contribution >= 4 is 10.0 Å². The third-order valence-electron chi connectivity index (χ3n) is 3.10. The predicted molar refractivity (Wildman–Crippen MR) is 95.6 cm³/mol. The highest BCUT2D eigenvalue weighted by Gasteiger charge is 2.35. The van der Waals surface area contributed by atoms with Crippen LogP contribution in [0.25, 0.3) is 16.9 Å². The molecule has 5 nitrogen and oxygen atoms in total. The van der Waals surface area contributed by atoms with E-state index < -0.39 is 111 Å². The van der Waals surface area contributed by atoms with Crippen LogP contribution in [0.5, 0.6) is 0 Å². The van der Waals surface area contributed by atoms with Gasteiger partial charge < -0.3 is 0 Å². The van der Waals surface area contributed by atoms with Gasteiger partial charge in [0.1, 0.15) is 0 Å². The fourth-order valence-electron chi connectivity index (χ4n) is 2.02. The van der Waals surface area contributed by atoms with Crippen LogP contribution in [0.1, 0.15) is 31.9 Å². The monoisotopic (exact) mass is 406 g/mol. The lowest BCUT2D eigenvalue weighted by molar-refractivity contribution is -0.141. The molecule has 0 saturated heterocycles. The highest BCUT2D eigenvalue weighted by atomic mass is 32.2. The van der Waals surface area contributed by atoms with Gasteiger partial charge in [-0.3, -0.25) is 0 Å². The van der Waals surface area contributed by atoms with Gasteiger partial charge in [-0.05, 0) is 30.6 Å². The smallest absolute Gasteiger partial charge is 0.233 e. The van der Waals surface area contributed by atoms with Crippen LogP contribution in [0.3, 0.4) is 0 Å². The van der Waals surface area contributed by atoms with Crippen LogP contribution >= 0.6 is 0 Å². The van der Waals surface area contributed by atoms with Gasteiger partial charge in [-0.15, -0.1) is 0 Å². The largest absolute Gasteiger partial charge is 0.435 e. The van der Waals surface area contributed by atoms with E-state index in [1.807, 2.05) is 0 Å². The lowest BCUT2D eigenvalue weighted by Crippen LogP contribution is -2.14. The maximum absolute atomic E-state index is 13.6. The maximum Gasteiger partial charge on any atom is 0.435 e. The number of hydrogen-bond donors (Lipinski definition) is 1. The summed E-state index contributed by atoms with van der Waals surface area (Å²) in [5.74, 6) is -1.13. The second kappa shape index (κ2) is 6.82. The van der Waals surface area contributed by atoms with E-state index in [1.54, 1.807) is 0 Å². The van der Waals surface area contributed by atoms with Gasteiger partial charge in [-0.25, -0.2) is 18.2 Å². The number of aromatic nitrogens is 2. The SMILES string of the molecule is [2H]c1c([2H])c(-n2nc(C(F)(F)F)cc2-c2c([2H])c([2H])c(C([2H])([2H])[2H])c([2H])c2[2H])c([2H])c([2H])c1CS(N)(=O)=O. The van der Waals surface area contributed by atoms with E-state index in [2.05, 4.69) is 5.10 Å². The number of benzene rings is 2. The van der Waals surface area contributed by atoms with Crippen molar-refractivity contribution in [2.75, 3.05) is 0 Å². The van der Waals surface area contributed by atoms with Crippen molar-refractivity contribution < 1.29 is 36.7 Å². The quantitative estimate of drug-likeness (QED) is 0.718. The molecule has 0 fully saturated rings. The first kappa shape index (κ1) is 9.52. The molecule has 0 bridgehead atoms. The van der Waals surface area contributed by atoms with Crippen molar-refractivity contribution in [1.29, 1.82) is 0 Å². The molecule has 3 rings (SSSR count). The third-order valence-corrected chi connectivity index (χ3v) is 3.79. The first-order chi connectivity index (χ1) is 17.1. The molecule has 2 N–H and O–H groups in total. The van der Waals surface area contributed by atoms with E-state index in [1.165, 1.54) is 0 Å². The van der Waals surface area contributed by atoms with Crippen molar-refractivity contribution in [3.63, 3.8) is 0 Å². The molecule has 1 aromatic heterocycles. The molecule has 3 aromatic rings. The summed E-state index contributed by atoms with van der Waals surface area (Å²) in [6, 6.07) is -8.03. The molecule has 1 heterocycles. The van der Waals surface area contributed by atoms with E-state index >= 15 is 0 Å². The molecule has 27 heavy (non-hydrogen) atoms. The number of hydrogen-bond acceptors (Lipinski definition) is 3. The Morgan fingerprint density at radius 3 is 2.30 bits per heavy atom. The maximum atomic E-state index is 13.6. The number of sulfonamides is 1. The van der Waals surface area contributed by atoms with Gasteiger partial charge in [0.2, 0.25) is 10.0 Å². The average Bonchev–Trinajstić information content (AvgIpc) is 3.18. The van der Waals surface area contributed by atoms with E-state index in [9.17, 15) is 21.6 Å². The molecule has 2 aromatic carbocycles. The molecule has 0 aliphatic rings. The number of alkyl halides is 3. The standard InChI is InChI=1S/C18H16F3N3O2S/c1-12-2-6-14(7-3-12)16-10-17(18(19,20)21)23-24(16)15-8-4-13(5-9-15)11-27(22,25)26/h2-10H,11H2,1H3,(H2,22,25,26)/i1D3,2D,3D,4D,5D,6D,7D,8D,9D. The molecule has 9 heteroatoms. The summed E-state index contributed by atoms with van der Waals surface area (Å²) in [4.78, 5) is 0. The summed E-state index contributed by atoms with van der Waals surface area (Å²) in [6.07, 6.45) is -5.16. The van der Waals surface area contributed by atoms with E-state index in [0.29, 0.717) is 0 Å². The molecule has 0 amide bonds. The minimum atomic E-state index is -5.16. The summed E-state index contributed by atoms with van der Waals surface area (Å²) in [6.45, 7) is -3.11. The topological polar surface area (TPSA) is 78.0 Å². The van der Waals surface area contributed by atoms with E-state index in [-0.39, 0.29) is 10.7 Å². The Morgan fingerprint density at radius 2 is 1.78 bits per heavy atom. The first-order valence-electron chi connectivity index (χ1n) is 12.5. The number of primary sulfonamides is 1. The highest BCUT2D eigenvalue weighted by Crippen LogP contribution is 2.33. The minimum absolute atomic E-state index is 0.226. The zero-order valence-corrected chi connectivity index (χ0v) is 13.9. The van der Waals surface area contributed by atoms with Crippen LogP contribution < -0.4 is 5.14 Å². The zero-order chi connectivity index (χ0) is 29.3. The van der Waals surface area contributed by atoms with Crippen LogP contribution in [0.15, 0.2) is 54.4 Å². The van der Waals surface area contributed by atoms with Crippen molar-refractivity contribution in [3.8, 4) is 16.9 Å². The van der Waals surface area contributed by atoms with Gasteiger partial charge in [-0.2, -0.15) is 18.3 Å². The molecular weight excluding hydrogens is 379 g/mol. The van der Waals surface area contributed by atoms with Gasteiger partial charge in [0, 0.05) is 9.68 Å². The fourth-order valence-corrected chi connectivity index (χ4v) is 2.57. The number of nitrogens with zero attached hydrogens (tertiary/aromatic N) is 2. The molecule has 0 saturated carbocycles. The molecule has 0 spiro atoms. The Bertz CT molecular complexity index is 1530. The number of rotatable bonds is 4. The Kier molecular flexibility index (Phi) is 2.40. The Balaban J connectivity index is 2.51. The van der Waals surface area contributed by atoms with Gasteiger partial charge in [0.25, 0.3) is 0 Å². The van der Waals surface area contributed by atoms with E-state index in [4.69, 9.17) is 20.2 Å². The summed E-state index contributed by atoms with van der Waals surface area (Å²) in [5, 5.41) is 8.22. The Hall–Kier alpha value is -2.65.